The number of hydrogen-bond donors (Lipinski definition) is 1. The summed E-state index contributed by atoms with van der Waals surface area (Å²) in [7, 11) is 0. The van der Waals surface area contributed by atoms with Gasteiger partial charge in [0.2, 0.25) is 0 Å². The number of nitrogens with zero attached hydrogens (tertiary/aromatic N) is 2. The molecule has 0 unspecified atom stereocenters. The molecular formula is C17H13Cl2N3O. The van der Waals surface area contributed by atoms with Gasteiger partial charge in [-0.25, -0.2) is 4.98 Å². The minimum absolute atomic E-state index is 0.171. The molecule has 0 radical (unpaired) electrons. The van der Waals surface area contributed by atoms with E-state index in [1.165, 1.54) is 12.1 Å². The highest BCUT2D eigenvalue weighted by Crippen LogP contribution is 2.25. The Morgan fingerprint density at radius 2 is 1.87 bits per heavy atom. The monoisotopic (exact) mass is 345 g/mol. The summed E-state index contributed by atoms with van der Waals surface area (Å²) in [6, 6.07) is 11.4. The number of halogens is 2. The fraction of sp³-hybridized carbons (Fsp3) is 0.118. The van der Waals surface area contributed by atoms with Crippen molar-refractivity contribution < 1.29 is 0 Å². The number of hydrogen-bond acceptors (Lipinski definition) is 3. The molecule has 3 aromatic rings. The van der Waals surface area contributed by atoms with E-state index in [1.807, 2.05) is 19.9 Å². The van der Waals surface area contributed by atoms with Crippen molar-refractivity contribution in [2.75, 3.05) is 0 Å². The zero-order chi connectivity index (χ0) is 17.0. The molecule has 1 aromatic carbocycles. The molecule has 0 saturated heterocycles. The number of aromatic amines is 1. The second-order valence-electron chi connectivity index (χ2n) is 4.38. The third-order valence-electron chi connectivity index (χ3n) is 3.01. The van der Waals surface area contributed by atoms with Crippen LogP contribution < -0.4 is 5.43 Å². The molecular weight excluding hydrogens is 333 g/mol. The van der Waals surface area contributed by atoms with Gasteiger partial charge in [-0.3, -0.25) is 4.79 Å². The fourth-order valence-corrected chi connectivity index (χ4v) is 2.42. The molecule has 0 aliphatic rings. The van der Waals surface area contributed by atoms with Gasteiger partial charge in [0, 0.05) is 16.5 Å². The number of rotatable bonds is 1. The van der Waals surface area contributed by atoms with E-state index in [1.54, 1.807) is 24.3 Å². The average molecular weight is 346 g/mol. The Kier molecular flexibility index (Phi) is 5.38. The van der Waals surface area contributed by atoms with Crippen molar-refractivity contribution in [3.05, 3.63) is 62.4 Å². The van der Waals surface area contributed by atoms with Crippen molar-refractivity contribution in [2.45, 2.75) is 13.8 Å². The summed E-state index contributed by atoms with van der Waals surface area (Å²) >= 11 is 12.0. The highest BCUT2D eigenvalue weighted by molar-refractivity contribution is 6.33. The molecule has 4 nitrogen and oxygen atoms in total. The Balaban J connectivity index is 0.000000924. The van der Waals surface area contributed by atoms with E-state index in [4.69, 9.17) is 28.5 Å². The number of pyridine rings is 2. The molecule has 23 heavy (non-hydrogen) atoms. The first-order chi connectivity index (χ1) is 11.1. The van der Waals surface area contributed by atoms with Crippen molar-refractivity contribution in [1.29, 1.82) is 5.26 Å². The first-order valence-electron chi connectivity index (χ1n) is 6.98. The van der Waals surface area contributed by atoms with Gasteiger partial charge in [-0.2, -0.15) is 5.26 Å². The van der Waals surface area contributed by atoms with E-state index in [2.05, 4.69) is 9.97 Å². The Morgan fingerprint density at radius 3 is 2.57 bits per heavy atom. The normalized spacial score (nSPS) is 9.87. The van der Waals surface area contributed by atoms with Gasteiger partial charge >= 0.3 is 0 Å². The predicted octanol–water partition coefficient (Wildman–Crippen LogP) is 4.79. The first kappa shape index (κ1) is 17.0. The second kappa shape index (κ2) is 7.28. The van der Waals surface area contributed by atoms with Gasteiger partial charge in [0.25, 0.3) is 0 Å². The smallest absolute Gasteiger partial charge is 0.190 e. The van der Waals surface area contributed by atoms with Crippen LogP contribution in [0.4, 0.5) is 0 Å². The zero-order valence-corrected chi connectivity index (χ0v) is 14.0. The molecule has 0 amide bonds. The van der Waals surface area contributed by atoms with Gasteiger partial charge < -0.3 is 4.98 Å². The standard InChI is InChI=1S/C15H7Cl2N3O.C2H6/c16-8-1-3-10-12(5-8)20-13(6-14(10)21)15-11(17)4-2-9(7-18)19-15;1-2/h1-6H,(H,20,21);1-2H3. The average Bonchev–Trinajstić information content (AvgIpc) is 2.56. The van der Waals surface area contributed by atoms with Crippen LogP contribution in [0.1, 0.15) is 19.5 Å². The molecule has 3 rings (SSSR count). The summed E-state index contributed by atoms with van der Waals surface area (Å²) in [6.07, 6.45) is 0. The van der Waals surface area contributed by atoms with Crippen molar-refractivity contribution in [3.63, 3.8) is 0 Å². The van der Waals surface area contributed by atoms with Crippen molar-refractivity contribution >= 4 is 34.1 Å². The van der Waals surface area contributed by atoms with Gasteiger partial charge in [0.15, 0.2) is 5.43 Å². The summed E-state index contributed by atoms with van der Waals surface area (Å²) in [5.74, 6) is 0. The number of aromatic nitrogens is 2. The van der Waals surface area contributed by atoms with E-state index in [0.717, 1.165) is 0 Å². The van der Waals surface area contributed by atoms with E-state index in [9.17, 15) is 4.79 Å². The quantitative estimate of drug-likeness (QED) is 0.688. The summed E-state index contributed by atoms with van der Waals surface area (Å²) in [5.41, 5.74) is 1.44. The Bertz CT molecular complexity index is 958. The minimum atomic E-state index is -0.171. The van der Waals surface area contributed by atoms with Crippen LogP contribution in [-0.4, -0.2) is 9.97 Å². The summed E-state index contributed by atoms with van der Waals surface area (Å²) in [6.45, 7) is 4.00. The molecule has 0 fully saturated rings. The summed E-state index contributed by atoms with van der Waals surface area (Å²) < 4.78 is 0. The molecule has 0 bridgehead atoms. The molecule has 116 valence electrons. The molecule has 6 heteroatoms. The molecule has 1 N–H and O–H groups in total. The third kappa shape index (κ3) is 3.53. The number of benzene rings is 1. The van der Waals surface area contributed by atoms with Crippen molar-refractivity contribution in [3.8, 4) is 17.5 Å². The van der Waals surface area contributed by atoms with Crippen LogP contribution >= 0.6 is 23.2 Å². The van der Waals surface area contributed by atoms with Crippen LogP contribution in [-0.2, 0) is 0 Å². The fourth-order valence-electron chi connectivity index (χ4n) is 2.05. The van der Waals surface area contributed by atoms with Gasteiger partial charge in [0.1, 0.15) is 17.5 Å². The molecule has 0 aliphatic carbocycles. The van der Waals surface area contributed by atoms with Gasteiger partial charge in [-0.1, -0.05) is 37.0 Å². The topological polar surface area (TPSA) is 69.5 Å². The van der Waals surface area contributed by atoms with Crippen LogP contribution in [0.3, 0.4) is 0 Å². The lowest BCUT2D eigenvalue weighted by atomic mass is 10.1. The maximum absolute atomic E-state index is 12.2. The lowest BCUT2D eigenvalue weighted by Gasteiger charge is -2.06. The summed E-state index contributed by atoms with van der Waals surface area (Å²) in [5, 5.41) is 10.3. The van der Waals surface area contributed by atoms with Crippen LogP contribution in [0, 0.1) is 11.3 Å². The maximum Gasteiger partial charge on any atom is 0.190 e. The van der Waals surface area contributed by atoms with E-state index < -0.39 is 0 Å². The van der Waals surface area contributed by atoms with E-state index >= 15 is 0 Å². The Hall–Kier alpha value is -2.35. The predicted molar refractivity (Wildman–Crippen MR) is 93.9 cm³/mol. The largest absolute Gasteiger partial charge is 0.353 e. The first-order valence-corrected chi connectivity index (χ1v) is 7.73. The maximum atomic E-state index is 12.2. The van der Waals surface area contributed by atoms with Crippen molar-refractivity contribution in [1.82, 2.24) is 9.97 Å². The lowest BCUT2D eigenvalue weighted by Crippen LogP contribution is -2.04. The molecule has 0 spiro atoms. The van der Waals surface area contributed by atoms with Gasteiger partial charge in [0.05, 0.1) is 16.2 Å². The van der Waals surface area contributed by atoms with Crippen molar-refractivity contribution in [2.24, 2.45) is 0 Å². The molecule has 2 aromatic heterocycles. The third-order valence-corrected chi connectivity index (χ3v) is 3.55. The van der Waals surface area contributed by atoms with Crippen LogP contribution in [0.15, 0.2) is 41.2 Å². The summed E-state index contributed by atoms with van der Waals surface area (Å²) in [4.78, 5) is 19.4. The highest BCUT2D eigenvalue weighted by atomic mass is 35.5. The van der Waals surface area contributed by atoms with Gasteiger partial charge in [-0.15, -0.1) is 0 Å². The van der Waals surface area contributed by atoms with Crippen LogP contribution in [0.5, 0.6) is 0 Å². The highest BCUT2D eigenvalue weighted by Gasteiger charge is 2.10. The Labute approximate surface area is 143 Å². The molecule has 0 atom stereocenters. The van der Waals surface area contributed by atoms with Crippen LogP contribution in [0.25, 0.3) is 22.3 Å². The number of H-pyrrole nitrogens is 1. The number of fused-ring (bicyclic) bond motifs is 1. The zero-order valence-electron chi connectivity index (χ0n) is 12.5. The molecule has 0 aliphatic heterocycles. The SMILES string of the molecule is CC.N#Cc1ccc(Cl)c(-c2cc(=O)c3ccc(Cl)cc3[nH]2)n1. The lowest BCUT2D eigenvalue weighted by molar-refractivity contribution is 1.23. The minimum Gasteiger partial charge on any atom is -0.353 e. The van der Waals surface area contributed by atoms with E-state index in [0.29, 0.717) is 32.3 Å². The van der Waals surface area contributed by atoms with Gasteiger partial charge in [-0.05, 0) is 30.3 Å². The Morgan fingerprint density at radius 1 is 1.13 bits per heavy atom. The number of nitrogens with one attached hydrogen (secondary N) is 1. The van der Waals surface area contributed by atoms with Crippen LogP contribution in [0.2, 0.25) is 10.0 Å². The second-order valence-corrected chi connectivity index (χ2v) is 5.22. The molecule has 0 saturated carbocycles. The van der Waals surface area contributed by atoms with E-state index in [-0.39, 0.29) is 11.1 Å². The number of nitriles is 1. The molecule has 2 heterocycles.